The molecule has 296 valence electrons. The van der Waals surface area contributed by atoms with Crippen molar-refractivity contribution >= 4 is 17.7 Å². The SMILES string of the molecule is CC(C)(C)NC(=O)[C@@H]1CN(C(=O)c2ccccc2)CCN1C[C@@H](O)C[C@H](Cc1ccc(OCCN2CCOCC2)cc1)C(=O)N[C@H]1c2ccccc2C[C@H]1O. The number of rotatable bonds is 14. The fourth-order valence-corrected chi connectivity index (χ4v) is 7.79. The topological polar surface area (TPSA) is 144 Å². The monoisotopic (exact) mass is 755 g/mol. The second-order valence-electron chi connectivity index (χ2n) is 16.1. The van der Waals surface area contributed by atoms with Crippen LogP contribution in [0.4, 0.5) is 0 Å². The predicted molar refractivity (Wildman–Crippen MR) is 210 cm³/mol. The van der Waals surface area contributed by atoms with E-state index in [-0.39, 0.29) is 37.2 Å². The van der Waals surface area contributed by atoms with Gasteiger partial charge in [-0.25, -0.2) is 0 Å². The molecular weight excluding hydrogens is 699 g/mol. The Kier molecular flexibility index (Phi) is 13.6. The molecule has 2 aliphatic heterocycles. The number of nitrogens with zero attached hydrogens (tertiary/aromatic N) is 3. The van der Waals surface area contributed by atoms with Gasteiger partial charge in [-0.05, 0) is 74.6 Å². The Hall–Kier alpha value is -4.33. The van der Waals surface area contributed by atoms with E-state index in [0.29, 0.717) is 38.1 Å². The molecule has 6 rings (SSSR count). The molecule has 2 fully saturated rings. The van der Waals surface area contributed by atoms with E-state index in [2.05, 4.69) is 15.5 Å². The van der Waals surface area contributed by atoms with Crippen LogP contribution in [-0.4, -0.2) is 132 Å². The molecule has 3 aromatic carbocycles. The van der Waals surface area contributed by atoms with Crippen molar-refractivity contribution in [3.63, 3.8) is 0 Å². The van der Waals surface area contributed by atoms with Gasteiger partial charge in [0.1, 0.15) is 18.4 Å². The highest BCUT2D eigenvalue weighted by atomic mass is 16.5. The van der Waals surface area contributed by atoms with Crippen molar-refractivity contribution < 1.29 is 34.1 Å². The third kappa shape index (κ3) is 11.1. The molecule has 3 aliphatic rings. The minimum atomic E-state index is -0.958. The molecule has 4 N–H and O–H groups in total. The molecule has 0 bridgehead atoms. The summed E-state index contributed by atoms with van der Waals surface area (Å²) < 4.78 is 11.4. The van der Waals surface area contributed by atoms with E-state index in [4.69, 9.17) is 9.47 Å². The quantitative estimate of drug-likeness (QED) is 0.195. The Morgan fingerprint density at radius 3 is 2.36 bits per heavy atom. The van der Waals surface area contributed by atoms with E-state index in [9.17, 15) is 24.6 Å². The number of aliphatic hydroxyl groups is 2. The molecule has 0 unspecified atom stereocenters. The van der Waals surface area contributed by atoms with Gasteiger partial charge in [-0.1, -0.05) is 54.6 Å². The number of aliphatic hydroxyl groups excluding tert-OH is 2. The van der Waals surface area contributed by atoms with Crippen molar-refractivity contribution in [2.45, 2.75) is 69.9 Å². The average molecular weight is 756 g/mol. The highest BCUT2D eigenvalue weighted by molar-refractivity contribution is 5.95. The first-order valence-electron chi connectivity index (χ1n) is 19.6. The van der Waals surface area contributed by atoms with Crippen LogP contribution >= 0.6 is 0 Å². The molecule has 1 aliphatic carbocycles. The second-order valence-corrected chi connectivity index (χ2v) is 16.1. The van der Waals surface area contributed by atoms with Crippen LogP contribution in [0.5, 0.6) is 5.75 Å². The van der Waals surface area contributed by atoms with Crippen LogP contribution in [-0.2, 0) is 27.2 Å². The van der Waals surface area contributed by atoms with Crippen LogP contribution in [0.2, 0.25) is 0 Å². The third-order valence-corrected chi connectivity index (χ3v) is 10.7. The number of nitrogens with one attached hydrogen (secondary N) is 2. The lowest BCUT2D eigenvalue weighted by Crippen LogP contribution is -2.62. The Bertz CT molecular complexity index is 1730. The van der Waals surface area contributed by atoms with Gasteiger partial charge < -0.3 is 35.2 Å². The highest BCUT2D eigenvalue weighted by Gasteiger charge is 2.38. The summed E-state index contributed by atoms with van der Waals surface area (Å²) in [5, 5.41) is 28.8. The van der Waals surface area contributed by atoms with Gasteiger partial charge in [-0.2, -0.15) is 0 Å². The number of ether oxygens (including phenoxy) is 2. The number of benzene rings is 3. The van der Waals surface area contributed by atoms with Gasteiger partial charge in [-0.15, -0.1) is 0 Å². The van der Waals surface area contributed by atoms with Crippen LogP contribution in [0.3, 0.4) is 0 Å². The molecule has 2 saturated heterocycles. The number of hydrogen-bond acceptors (Lipinski definition) is 9. The van der Waals surface area contributed by atoms with E-state index in [1.165, 1.54) is 0 Å². The van der Waals surface area contributed by atoms with E-state index in [1.807, 2.05) is 92.4 Å². The van der Waals surface area contributed by atoms with Gasteiger partial charge in [0.05, 0.1) is 31.5 Å². The largest absolute Gasteiger partial charge is 0.492 e. The zero-order chi connectivity index (χ0) is 39.0. The summed E-state index contributed by atoms with van der Waals surface area (Å²) >= 11 is 0. The number of carbonyl (C=O) groups excluding carboxylic acids is 3. The van der Waals surface area contributed by atoms with Gasteiger partial charge in [-0.3, -0.25) is 24.2 Å². The number of fused-ring (bicyclic) bond motifs is 1. The molecular formula is C43H57N5O7. The Balaban J connectivity index is 1.14. The van der Waals surface area contributed by atoms with Crippen LogP contribution in [0.15, 0.2) is 78.9 Å². The second kappa shape index (κ2) is 18.5. The minimum absolute atomic E-state index is 0.130. The zero-order valence-corrected chi connectivity index (χ0v) is 32.4. The van der Waals surface area contributed by atoms with Gasteiger partial charge in [0.15, 0.2) is 0 Å². The lowest BCUT2D eigenvalue weighted by atomic mass is 9.91. The number of amides is 3. The number of piperazine rings is 1. The third-order valence-electron chi connectivity index (χ3n) is 10.7. The summed E-state index contributed by atoms with van der Waals surface area (Å²) in [6.45, 7) is 11.5. The van der Waals surface area contributed by atoms with Crippen molar-refractivity contribution in [2.75, 3.05) is 65.6 Å². The van der Waals surface area contributed by atoms with Crippen molar-refractivity contribution in [2.24, 2.45) is 5.92 Å². The molecule has 2 heterocycles. The molecule has 55 heavy (non-hydrogen) atoms. The van der Waals surface area contributed by atoms with E-state index < -0.39 is 35.7 Å². The molecule has 5 atom stereocenters. The number of morpholine rings is 1. The molecule has 0 radical (unpaired) electrons. The molecule has 0 aromatic heterocycles. The van der Waals surface area contributed by atoms with Crippen LogP contribution in [0.25, 0.3) is 0 Å². The minimum Gasteiger partial charge on any atom is -0.492 e. The summed E-state index contributed by atoms with van der Waals surface area (Å²) in [4.78, 5) is 47.2. The molecule has 0 saturated carbocycles. The standard InChI is InChI=1S/C43H57N5O7/c1-43(2,3)45-41(52)37-29-48(42(53)31-9-5-4-6-10-31)18-17-47(37)28-34(49)26-33(40(51)44-39-36-12-8-7-11-32(36)27-38(39)50)25-30-13-15-35(16-14-30)55-24-21-46-19-22-54-23-20-46/h4-16,33-34,37-39,49-50H,17-29H2,1-3H3,(H,44,51)(H,45,52)/t33-,34-,37-,38+,39-/m0/s1. The van der Waals surface area contributed by atoms with Gasteiger partial charge in [0, 0.05) is 69.3 Å². The molecule has 3 aromatic rings. The Morgan fingerprint density at radius 2 is 1.64 bits per heavy atom. The lowest BCUT2D eigenvalue weighted by molar-refractivity contribution is -0.131. The van der Waals surface area contributed by atoms with Gasteiger partial charge >= 0.3 is 0 Å². The molecule has 0 spiro atoms. The summed E-state index contributed by atoms with van der Waals surface area (Å²) in [6, 6.07) is 23.2. The zero-order valence-electron chi connectivity index (χ0n) is 32.4. The van der Waals surface area contributed by atoms with Crippen molar-refractivity contribution in [1.29, 1.82) is 0 Å². The first-order valence-corrected chi connectivity index (χ1v) is 19.6. The van der Waals surface area contributed by atoms with E-state index in [0.717, 1.165) is 55.3 Å². The maximum Gasteiger partial charge on any atom is 0.253 e. The van der Waals surface area contributed by atoms with Crippen LogP contribution < -0.4 is 15.4 Å². The van der Waals surface area contributed by atoms with E-state index >= 15 is 0 Å². The predicted octanol–water partition coefficient (Wildman–Crippen LogP) is 2.82. The highest BCUT2D eigenvalue weighted by Crippen LogP contribution is 2.32. The Morgan fingerprint density at radius 1 is 0.927 bits per heavy atom. The summed E-state index contributed by atoms with van der Waals surface area (Å²) in [5.41, 5.74) is 2.88. The van der Waals surface area contributed by atoms with Crippen molar-refractivity contribution in [1.82, 2.24) is 25.3 Å². The van der Waals surface area contributed by atoms with Crippen molar-refractivity contribution in [3.05, 3.63) is 101 Å². The van der Waals surface area contributed by atoms with Gasteiger partial charge in [0.2, 0.25) is 11.8 Å². The summed E-state index contributed by atoms with van der Waals surface area (Å²) in [7, 11) is 0. The average Bonchev–Trinajstić information content (AvgIpc) is 3.49. The van der Waals surface area contributed by atoms with Crippen LogP contribution in [0.1, 0.15) is 60.3 Å². The Labute approximate surface area is 324 Å². The van der Waals surface area contributed by atoms with E-state index in [1.54, 1.807) is 17.0 Å². The van der Waals surface area contributed by atoms with Gasteiger partial charge in [0.25, 0.3) is 5.91 Å². The first kappa shape index (κ1) is 40.3. The van der Waals surface area contributed by atoms with Crippen LogP contribution in [0, 0.1) is 5.92 Å². The first-order chi connectivity index (χ1) is 26.4. The fraction of sp³-hybridized carbons (Fsp3) is 0.512. The number of carbonyl (C=O) groups is 3. The lowest BCUT2D eigenvalue weighted by Gasteiger charge is -2.42. The summed E-state index contributed by atoms with van der Waals surface area (Å²) in [5.74, 6) is -0.513. The number of hydrogen-bond donors (Lipinski definition) is 4. The fourth-order valence-electron chi connectivity index (χ4n) is 7.79. The number of β-amino-alcohol motifs (C(OH)–C–C–N with tert-alkyl or cyclic N) is 1. The van der Waals surface area contributed by atoms with Crippen molar-refractivity contribution in [3.8, 4) is 5.75 Å². The summed E-state index contributed by atoms with van der Waals surface area (Å²) in [6.07, 6.45) is -0.768. The normalized spacial score (nSPS) is 21.7. The molecule has 3 amide bonds. The maximum absolute atomic E-state index is 14.1. The molecule has 12 nitrogen and oxygen atoms in total. The molecule has 12 heteroatoms. The maximum atomic E-state index is 14.1. The smallest absolute Gasteiger partial charge is 0.253 e.